The third-order valence-corrected chi connectivity index (χ3v) is 12.4. The van der Waals surface area contributed by atoms with Crippen LogP contribution >= 0.6 is 0 Å². The fraction of sp³-hybridized carbons (Fsp3) is 0.0167. The highest BCUT2D eigenvalue weighted by atomic mass is 15.0. The average molecular weight is 791 g/mol. The van der Waals surface area contributed by atoms with Crippen LogP contribution in [0.5, 0.6) is 0 Å². The van der Waals surface area contributed by atoms with Gasteiger partial charge in [-0.1, -0.05) is 218 Å². The van der Waals surface area contributed by atoms with Gasteiger partial charge in [-0.25, -0.2) is 4.98 Å². The summed E-state index contributed by atoms with van der Waals surface area (Å²) < 4.78 is 2.36. The van der Waals surface area contributed by atoms with E-state index in [1.54, 1.807) is 0 Å². The number of rotatable bonds is 9. The van der Waals surface area contributed by atoms with Crippen molar-refractivity contribution in [3.63, 3.8) is 0 Å². The van der Waals surface area contributed by atoms with Gasteiger partial charge in [-0.05, 0) is 80.9 Å². The van der Waals surface area contributed by atoms with Gasteiger partial charge in [0.15, 0.2) is 0 Å². The molecule has 11 rings (SSSR count). The first-order chi connectivity index (χ1) is 30.7. The van der Waals surface area contributed by atoms with E-state index in [-0.39, 0.29) is 0 Å². The first-order valence-electron chi connectivity index (χ1n) is 21.3. The molecule has 62 heavy (non-hydrogen) atoms. The van der Waals surface area contributed by atoms with Gasteiger partial charge in [0, 0.05) is 27.6 Å². The lowest BCUT2D eigenvalue weighted by Crippen LogP contribution is -2.30. The van der Waals surface area contributed by atoms with Crippen LogP contribution in [0.4, 0.5) is 0 Å². The molecule has 2 nitrogen and oxygen atoms in total. The van der Waals surface area contributed by atoms with Gasteiger partial charge in [0.25, 0.3) is 0 Å². The second-order valence-electron chi connectivity index (χ2n) is 15.9. The number of hydrogen-bond acceptors (Lipinski definition) is 1. The third kappa shape index (κ3) is 6.50. The highest BCUT2D eigenvalue weighted by Crippen LogP contribution is 2.46. The maximum absolute atomic E-state index is 5.26. The molecule has 0 fully saturated rings. The number of fused-ring (bicyclic) bond motifs is 3. The smallest absolute Gasteiger partial charge is 0.0715 e. The lowest BCUT2D eigenvalue weighted by atomic mass is 9.65. The molecule has 0 unspecified atom stereocenters. The minimum Gasteiger partial charge on any atom is -0.309 e. The van der Waals surface area contributed by atoms with Crippen molar-refractivity contribution < 1.29 is 0 Å². The van der Waals surface area contributed by atoms with E-state index in [9.17, 15) is 0 Å². The topological polar surface area (TPSA) is 17.8 Å². The monoisotopic (exact) mass is 790 g/mol. The summed E-state index contributed by atoms with van der Waals surface area (Å²) in [6.45, 7) is 0. The van der Waals surface area contributed by atoms with Crippen molar-refractivity contribution >= 4 is 21.8 Å². The Kier molecular flexibility index (Phi) is 9.44. The molecule has 0 aliphatic rings. The molecule has 2 heteroatoms. The maximum atomic E-state index is 5.26. The molecule has 9 aromatic carbocycles. The van der Waals surface area contributed by atoms with E-state index >= 15 is 0 Å². The van der Waals surface area contributed by atoms with Crippen LogP contribution < -0.4 is 0 Å². The lowest BCUT2D eigenvalue weighted by Gasteiger charge is -2.37. The summed E-state index contributed by atoms with van der Waals surface area (Å²) in [5.41, 5.74) is 16.6. The van der Waals surface area contributed by atoms with E-state index in [4.69, 9.17) is 4.98 Å². The quantitative estimate of drug-likeness (QED) is 0.133. The highest BCUT2D eigenvalue weighted by Gasteiger charge is 2.38. The molecular weight excluding hydrogens is 749 g/mol. The Morgan fingerprint density at radius 3 is 1.10 bits per heavy atom. The third-order valence-electron chi connectivity index (χ3n) is 12.4. The molecule has 11 aromatic rings. The Bertz CT molecular complexity index is 3130. The van der Waals surface area contributed by atoms with Crippen LogP contribution in [-0.2, 0) is 5.41 Å². The van der Waals surface area contributed by atoms with Crippen molar-refractivity contribution in [2.75, 3.05) is 0 Å². The highest BCUT2D eigenvalue weighted by molar-refractivity contribution is 6.09. The fourth-order valence-corrected chi connectivity index (χ4v) is 9.42. The second kappa shape index (κ2) is 15.8. The zero-order valence-electron chi connectivity index (χ0n) is 34.1. The molecular formula is C60H42N2. The number of hydrogen-bond donors (Lipinski definition) is 0. The minimum absolute atomic E-state index is 0.506. The van der Waals surface area contributed by atoms with Gasteiger partial charge in [0.05, 0.1) is 27.8 Å². The molecule has 292 valence electrons. The van der Waals surface area contributed by atoms with Crippen LogP contribution in [0.15, 0.2) is 255 Å². The van der Waals surface area contributed by atoms with E-state index < -0.39 is 5.41 Å². The van der Waals surface area contributed by atoms with Crippen molar-refractivity contribution in [2.45, 2.75) is 5.41 Å². The number of para-hydroxylation sites is 2. The van der Waals surface area contributed by atoms with Gasteiger partial charge in [0.2, 0.25) is 0 Å². The SMILES string of the molecule is c1ccc(-c2cc(-c3ccc(C(c4ccccc4)(c4ccccc4)c4ccccc4)cc3)cc(-c3ccc(-c4ccc(-n5c6ccccc6c6ccccc65)cc4)cc3)n2)cc1. The Morgan fingerprint density at radius 1 is 0.274 bits per heavy atom. The molecule has 2 heterocycles. The molecule has 0 aliphatic carbocycles. The van der Waals surface area contributed by atoms with Crippen molar-refractivity contribution in [1.29, 1.82) is 0 Å². The number of aromatic nitrogens is 2. The van der Waals surface area contributed by atoms with E-state index in [2.05, 4.69) is 259 Å². The van der Waals surface area contributed by atoms with Crippen LogP contribution in [0.1, 0.15) is 22.3 Å². The summed E-state index contributed by atoms with van der Waals surface area (Å²) >= 11 is 0. The molecule has 0 saturated carbocycles. The zero-order chi connectivity index (χ0) is 41.3. The summed E-state index contributed by atoms with van der Waals surface area (Å²) in [6.07, 6.45) is 0. The van der Waals surface area contributed by atoms with Gasteiger partial charge in [0.1, 0.15) is 0 Å². The minimum atomic E-state index is -0.506. The Labute approximate surface area is 362 Å². The lowest BCUT2D eigenvalue weighted by molar-refractivity contribution is 0.745. The van der Waals surface area contributed by atoms with Gasteiger partial charge in [-0.15, -0.1) is 0 Å². The van der Waals surface area contributed by atoms with E-state index in [0.29, 0.717) is 0 Å². The second-order valence-corrected chi connectivity index (χ2v) is 15.9. The summed E-state index contributed by atoms with van der Waals surface area (Å²) in [5.74, 6) is 0. The molecule has 0 saturated heterocycles. The van der Waals surface area contributed by atoms with Crippen LogP contribution in [0.25, 0.3) is 72.3 Å². The van der Waals surface area contributed by atoms with Crippen LogP contribution in [0.2, 0.25) is 0 Å². The van der Waals surface area contributed by atoms with E-state index in [1.165, 1.54) is 49.6 Å². The molecule has 0 amide bonds. The first kappa shape index (κ1) is 37.0. The molecule has 0 N–H and O–H groups in total. The van der Waals surface area contributed by atoms with Crippen molar-refractivity contribution in [2.24, 2.45) is 0 Å². The van der Waals surface area contributed by atoms with Crippen LogP contribution in [0.3, 0.4) is 0 Å². The maximum Gasteiger partial charge on any atom is 0.0715 e. The van der Waals surface area contributed by atoms with Crippen molar-refractivity contribution in [3.8, 4) is 50.5 Å². The Hall–Kier alpha value is -8.07. The fourth-order valence-electron chi connectivity index (χ4n) is 9.42. The predicted molar refractivity (Wildman–Crippen MR) is 259 cm³/mol. The molecule has 0 atom stereocenters. The van der Waals surface area contributed by atoms with Gasteiger partial charge < -0.3 is 4.57 Å². The Morgan fingerprint density at radius 2 is 0.613 bits per heavy atom. The van der Waals surface area contributed by atoms with Gasteiger partial charge >= 0.3 is 0 Å². The summed E-state index contributed by atoms with van der Waals surface area (Å²) in [7, 11) is 0. The standard InChI is InChI=1S/C60H42N2/c1-5-17-46(18-6-1)56-41-48(45-33-37-52(38-34-45)60(49-19-7-2-8-20-49,50-21-9-3-10-22-50)51-23-11-4-12-24-51)42-57(61-56)47-31-29-43(30-32-47)44-35-39-53(40-36-44)62-58-27-15-13-25-54(58)55-26-14-16-28-59(55)62/h1-42H. The first-order valence-corrected chi connectivity index (χ1v) is 21.3. The zero-order valence-corrected chi connectivity index (χ0v) is 34.1. The largest absolute Gasteiger partial charge is 0.309 e. The summed E-state index contributed by atoms with van der Waals surface area (Å²) in [4.78, 5) is 5.26. The molecule has 2 aromatic heterocycles. The number of benzene rings is 9. The normalized spacial score (nSPS) is 11.5. The number of pyridine rings is 1. The van der Waals surface area contributed by atoms with E-state index in [1.807, 2.05) is 0 Å². The molecule has 0 radical (unpaired) electrons. The summed E-state index contributed by atoms with van der Waals surface area (Å²) in [5, 5.41) is 2.54. The predicted octanol–water partition coefficient (Wildman–Crippen LogP) is 15.2. The van der Waals surface area contributed by atoms with Crippen molar-refractivity contribution in [3.05, 3.63) is 277 Å². The van der Waals surface area contributed by atoms with Gasteiger partial charge in [-0.2, -0.15) is 0 Å². The van der Waals surface area contributed by atoms with Crippen LogP contribution in [-0.4, -0.2) is 9.55 Å². The van der Waals surface area contributed by atoms with Crippen LogP contribution in [0, 0.1) is 0 Å². The molecule has 0 spiro atoms. The molecule has 0 aliphatic heterocycles. The summed E-state index contributed by atoms with van der Waals surface area (Å²) in [6, 6.07) is 91.8. The van der Waals surface area contributed by atoms with Gasteiger partial charge in [-0.3, -0.25) is 0 Å². The van der Waals surface area contributed by atoms with E-state index in [0.717, 1.165) is 44.9 Å². The number of nitrogens with zero attached hydrogens (tertiary/aromatic N) is 2. The average Bonchev–Trinajstić information content (AvgIpc) is 3.70. The van der Waals surface area contributed by atoms with Crippen molar-refractivity contribution in [1.82, 2.24) is 9.55 Å². The molecule has 0 bridgehead atoms. The Balaban J connectivity index is 0.961.